The minimum Gasteiger partial charge on any atom is -0.480 e. The molecule has 0 aliphatic carbocycles. The fourth-order valence-corrected chi connectivity index (χ4v) is 2.62. The van der Waals surface area contributed by atoms with Gasteiger partial charge in [0.15, 0.2) is 0 Å². The Balaban J connectivity index is 2.76. The lowest BCUT2D eigenvalue weighted by atomic mass is 10.0. The zero-order chi connectivity index (χ0) is 25.9. The van der Waals surface area contributed by atoms with Gasteiger partial charge in [0.05, 0.1) is 0 Å². The monoisotopic (exact) mass is 479 g/mol. The number of alkyl carbamates (subject to hydrolysis) is 1. The lowest BCUT2D eigenvalue weighted by molar-refractivity contribution is -0.155. The summed E-state index contributed by atoms with van der Waals surface area (Å²) in [4.78, 5) is 60.2. The topological polar surface area (TPSA) is 160 Å². The molecule has 3 amide bonds. The number of nitrogens with one attached hydrogen (secondary N) is 3. The maximum atomic E-state index is 12.8. The predicted molar refractivity (Wildman–Crippen MR) is 121 cm³/mol. The lowest BCUT2D eigenvalue weighted by Crippen LogP contribution is -2.59. The fourth-order valence-electron chi connectivity index (χ4n) is 2.62. The lowest BCUT2D eigenvalue weighted by Gasteiger charge is -2.28. The second-order valence-electron chi connectivity index (χ2n) is 9.07. The van der Waals surface area contributed by atoms with Crippen molar-refractivity contribution in [1.29, 1.82) is 0 Å². The van der Waals surface area contributed by atoms with Crippen LogP contribution in [0.25, 0.3) is 0 Å². The highest BCUT2D eigenvalue weighted by Gasteiger charge is 2.34. The van der Waals surface area contributed by atoms with Gasteiger partial charge in [-0.2, -0.15) is 0 Å². The summed E-state index contributed by atoms with van der Waals surface area (Å²) in [6, 6.07) is 7.72. The van der Waals surface area contributed by atoms with Gasteiger partial charge in [-0.15, -0.1) is 0 Å². The summed E-state index contributed by atoms with van der Waals surface area (Å²) >= 11 is 0. The van der Waals surface area contributed by atoms with Crippen LogP contribution in [0.1, 0.15) is 53.0 Å². The highest BCUT2D eigenvalue weighted by Crippen LogP contribution is 2.11. The number of carboxylic acid groups (broad SMARTS) is 1. The van der Waals surface area contributed by atoms with Crippen molar-refractivity contribution in [3.8, 4) is 0 Å². The molecule has 0 heterocycles. The van der Waals surface area contributed by atoms with Crippen molar-refractivity contribution in [1.82, 2.24) is 16.0 Å². The zero-order valence-electron chi connectivity index (χ0n) is 20.1. The van der Waals surface area contributed by atoms with Gasteiger partial charge in [-0.25, -0.2) is 4.79 Å². The molecule has 0 aliphatic rings. The third-order valence-electron chi connectivity index (χ3n) is 4.29. The van der Waals surface area contributed by atoms with Gasteiger partial charge in [-0.3, -0.25) is 19.2 Å². The number of ether oxygens (including phenoxy) is 2. The SMILES string of the molecule is CC(C)(C)OC(=O)CC[C@H](NC(=O)C(C)(C)NC(=O)OCc1ccccc1)C(=O)NCC(=O)O. The van der Waals surface area contributed by atoms with Crippen LogP contribution in [-0.4, -0.2) is 58.7 Å². The molecule has 0 aromatic heterocycles. The van der Waals surface area contributed by atoms with Crippen LogP contribution in [0.3, 0.4) is 0 Å². The Bertz CT molecular complexity index is 878. The van der Waals surface area contributed by atoms with Crippen LogP contribution in [-0.2, 0) is 35.3 Å². The Hall–Kier alpha value is -3.63. The smallest absolute Gasteiger partial charge is 0.408 e. The van der Waals surface area contributed by atoms with Gasteiger partial charge in [0.25, 0.3) is 0 Å². The number of carbonyl (C=O) groups excluding carboxylic acids is 4. The summed E-state index contributed by atoms with van der Waals surface area (Å²) < 4.78 is 10.3. The van der Waals surface area contributed by atoms with Gasteiger partial charge in [-0.05, 0) is 46.6 Å². The third-order valence-corrected chi connectivity index (χ3v) is 4.29. The van der Waals surface area contributed by atoms with Gasteiger partial charge in [0.1, 0.15) is 30.3 Å². The quantitative estimate of drug-likeness (QED) is 0.347. The van der Waals surface area contributed by atoms with E-state index in [2.05, 4.69) is 16.0 Å². The number of aliphatic carboxylic acids is 1. The van der Waals surface area contributed by atoms with Crippen molar-refractivity contribution in [2.75, 3.05) is 6.54 Å². The van der Waals surface area contributed by atoms with Gasteiger partial charge in [0.2, 0.25) is 11.8 Å². The van der Waals surface area contributed by atoms with E-state index < -0.39 is 53.6 Å². The molecule has 1 rings (SSSR count). The van der Waals surface area contributed by atoms with Gasteiger partial charge >= 0.3 is 18.0 Å². The molecule has 0 radical (unpaired) electrons. The Kier molecular flexibility index (Phi) is 10.5. The number of carboxylic acids is 1. The summed E-state index contributed by atoms with van der Waals surface area (Å²) in [6.07, 6.45) is -1.18. The molecular weight excluding hydrogens is 446 g/mol. The zero-order valence-corrected chi connectivity index (χ0v) is 20.1. The molecule has 0 saturated heterocycles. The van der Waals surface area contributed by atoms with E-state index in [0.29, 0.717) is 0 Å². The molecule has 0 spiro atoms. The molecule has 1 aromatic carbocycles. The van der Waals surface area contributed by atoms with Crippen LogP contribution in [0.4, 0.5) is 4.79 Å². The van der Waals surface area contributed by atoms with Crippen LogP contribution in [0.5, 0.6) is 0 Å². The van der Waals surface area contributed by atoms with Crippen molar-refractivity contribution in [2.45, 2.75) is 71.2 Å². The van der Waals surface area contributed by atoms with E-state index in [1.54, 1.807) is 45.0 Å². The fraction of sp³-hybridized carbons (Fsp3) is 0.522. The largest absolute Gasteiger partial charge is 0.480 e. The number of esters is 1. The van der Waals surface area contributed by atoms with Gasteiger partial charge < -0.3 is 30.5 Å². The number of hydrogen-bond acceptors (Lipinski definition) is 7. The van der Waals surface area contributed by atoms with Gasteiger partial charge in [-0.1, -0.05) is 30.3 Å². The van der Waals surface area contributed by atoms with E-state index in [9.17, 15) is 24.0 Å². The van der Waals surface area contributed by atoms with E-state index in [0.717, 1.165) is 5.56 Å². The number of carbonyl (C=O) groups is 5. The first-order valence-electron chi connectivity index (χ1n) is 10.7. The highest BCUT2D eigenvalue weighted by molar-refractivity contribution is 5.94. The summed E-state index contributed by atoms with van der Waals surface area (Å²) in [6.45, 7) is 7.22. The average Bonchev–Trinajstić information content (AvgIpc) is 2.72. The number of rotatable bonds is 11. The molecule has 4 N–H and O–H groups in total. The molecule has 11 heteroatoms. The Morgan fingerprint density at radius 2 is 1.62 bits per heavy atom. The van der Waals surface area contributed by atoms with E-state index in [1.165, 1.54) is 13.8 Å². The van der Waals surface area contributed by atoms with Crippen LogP contribution in [0.2, 0.25) is 0 Å². The van der Waals surface area contributed by atoms with Crippen LogP contribution in [0.15, 0.2) is 30.3 Å². The third kappa shape index (κ3) is 11.3. The van der Waals surface area contributed by atoms with Crippen LogP contribution >= 0.6 is 0 Å². The van der Waals surface area contributed by atoms with Gasteiger partial charge in [0, 0.05) is 6.42 Å². The Labute approximate surface area is 198 Å². The maximum absolute atomic E-state index is 12.8. The standard InChI is InChI=1S/C23H33N3O8/c1-22(2,3)34-18(29)12-11-16(19(30)24-13-17(27)28)25-20(31)23(4,5)26-21(32)33-14-15-9-7-6-8-10-15/h6-10,16H,11-14H2,1-5H3,(H,24,30)(H,25,31)(H,26,32)(H,27,28)/t16-/m0/s1. The molecule has 34 heavy (non-hydrogen) atoms. The summed E-state index contributed by atoms with van der Waals surface area (Å²) in [5.41, 5.74) is -1.45. The normalized spacial score (nSPS) is 12.1. The van der Waals surface area contributed by atoms with E-state index in [1.807, 2.05) is 6.07 Å². The Morgan fingerprint density at radius 3 is 2.18 bits per heavy atom. The second-order valence-corrected chi connectivity index (χ2v) is 9.07. The molecule has 0 saturated carbocycles. The van der Waals surface area contributed by atoms with E-state index in [4.69, 9.17) is 14.6 Å². The molecule has 0 unspecified atom stereocenters. The molecule has 0 aliphatic heterocycles. The first kappa shape index (κ1) is 28.4. The van der Waals surface area contributed by atoms with Crippen molar-refractivity contribution in [2.24, 2.45) is 0 Å². The van der Waals surface area contributed by atoms with Crippen molar-refractivity contribution in [3.05, 3.63) is 35.9 Å². The number of hydrogen-bond donors (Lipinski definition) is 4. The molecule has 1 atom stereocenters. The number of amides is 3. The van der Waals surface area contributed by atoms with Crippen LogP contribution in [0, 0.1) is 0 Å². The van der Waals surface area contributed by atoms with Crippen molar-refractivity contribution < 1.29 is 38.6 Å². The molecule has 0 bridgehead atoms. The average molecular weight is 480 g/mol. The van der Waals surface area contributed by atoms with E-state index in [-0.39, 0.29) is 19.4 Å². The van der Waals surface area contributed by atoms with Crippen molar-refractivity contribution >= 4 is 29.8 Å². The molecule has 11 nitrogen and oxygen atoms in total. The molecule has 188 valence electrons. The molecular formula is C23H33N3O8. The highest BCUT2D eigenvalue weighted by atomic mass is 16.6. The molecule has 0 fully saturated rings. The second kappa shape index (κ2) is 12.6. The predicted octanol–water partition coefficient (Wildman–Crippen LogP) is 1.50. The first-order chi connectivity index (χ1) is 15.7. The summed E-state index contributed by atoms with van der Waals surface area (Å²) in [7, 11) is 0. The Morgan fingerprint density at radius 1 is 1.00 bits per heavy atom. The summed E-state index contributed by atoms with van der Waals surface area (Å²) in [5, 5.41) is 15.9. The minimum atomic E-state index is -1.48. The number of benzene rings is 1. The first-order valence-corrected chi connectivity index (χ1v) is 10.7. The summed E-state index contributed by atoms with van der Waals surface area (Å²) in [5.74, 6) is -3.38. The van der Waals surface area contributed by atoms with Crippen LogP contribution < -0.4 is 16.0 Å². The maximum Gasteiger partial charge on any atom is 0.408 e. The van der Waals surface area contributed by atoms with E-state index >= 15 is 0 Å². The molecule has 1 aromatic rings. The van der Waals surface area contributed by atoms with Crippen molar-refractivity contribution in [3.63, 3.8) is 0 Å². The minimum absolute atomic E-state index is 0.000476.